The molecule has 2 aliphatic rings. The Kier molecular flexibility index (Phi) is 5.81. The molecule has 2 fully saturated rings. The van der Waals surface area contributed by atoms with Crippen molar-refractivity contribution in [1.82, 2.24) is 15.1 Å². The maximum absolute atomic E-state index is 13.7. The molecular formula is C18H26FN3O2. The Balaban J connectivity index is 1.80. The molecule has 1 unspecified atom stereocenters. The molecule has 1 amide bonds. The first-order valence-corrected chi connectivity index (χ1v) is 8.72. The Hall–Kier alpha value is -1.50. The molecule has 0 saturated carbocycles. The fraction of sp³-hybridized carbons (Fsp3) is 0.611. The molecule has 6 heteroatoms. The lowest BCUT2D eigenvalue weighted by Gasteiger charge is -2.39. The number of ether oxygens (including phenoxy) is 1. The van der Waals surface area contributed by atoms with Gasteiger partial charge in [0.15, 0.2) is 0 Å². The molecule has 24 heavy (non-hydrogen) atoms. The zero-order valence-electron chi connectivity index (χ0n) is 14.2. The highest BCUT2D eigenvalue weighted by molar-refractivity contribution is 5.83. The van der Waals surface area contributed by atoms with Crippen LogP contribution < -0.4 is 5.32 Å². The van der Waals surface area contributed by atoms with Crippen LogP contribution in [0.5, 0.6) is 0 Å². The van der Waals surface area contributed by atoms with E-state index in [0.29, 0.717) is 32.3 Å². The highest BCUT2D eigenvalue weighted by Crippen LogP contribution is 2.26. The summed E-state index contributed by atoms with van der Waals surface area (Å²) in [7, 11) is 1.96. The molecule has 1 aromatic carbocycles. The Morgan fingerprint density at radius 1 is 1.25 bits per heavy atom. The first kappa shape index (κ1) is 17.3. The number of carbonyl (C=O) groups excluding carboxylic acids is 1. The predicted molar refractivity (Wildman–Crippen MR) is 90.2 cm³/mol. The van der Waals surface area contributed by atoms with Gasteiger partial charge in [-0.15, -0.1) is 0 Å². The van der Waals surface area contributed by atoms with Gasteiger partial charge in [0.1, 0.15) is 11.9 Å². The Labute approximate surface area is 142 Å². The third kappa shape index (κ3) is 3.94. The van der Waals surface area contributed by atoms with Gasteiger partial charge < -0.3 is 15.0 Å². The molecule has 2 saturated heterocycles. The Morgan fingerprint density at radius 3 is 2.58 bits per heavy atom. The minimum Gasteiger partial charge on any atom is -0.379 e. The van der Waals surface area contributed by atoms with Crippen molar-refractivity contribution in [3.63, 3.8) is 0 Å². The summed E-state index contributed by atoms with van der Waals surface area (Å²) >= 11 is 0. The second-order valence-electron chi connectivity index (χ2n) is 6.49. The maximum atomic E-state index is 13.7. The van der Waals surface area contributed by atoms with Crippen LogP contribution in [-0.4, -0.2) is 68.2 Å². The fourth-order valence-electron chi connectivity index (χ4n) is 3.58. The van der Waals surface area contributed by atoms with Gasteiger partial charge in [0.25, 0.3) is 0 Å². The summed E-state index contributed by atoms with van der Waals surface area (Å²) in [5.74, 6) is -0.218. The van der Waals surface area contributed by atoms with E-state index in [1.807, 2.05) is 18.0 Å². The van der Waals surface area contributed by atoms with E-state index in [9.17, 15) is 9.18 Å². The highest BCUT2D eigenvalue weighted by Gasteiger charge is 2.34. The number of halogens is 1. The van der Waals surface area contributed by atoms with Crippen LogP contribution >= 0.6 is 0 Å². The summed E-state index contributed by atoms with van der Waals surface area (Å²) in [6, 6.07) is 6.49. The van der Waals surface area contributed by atoms with Gasteiger partial charge in [-0.25, -0.2) is 4.39 Å². The molecule has 0 radical (unpaired) electrons. The standard InChI is InChI=1S/C18H26FN3O2/c1-20-16-5-7-22(8-6-16)18(23)17(21-9-11-24-12-10-21)14-3-2-4-15(19)13-14/h2-4,13,16-17,20H,5-12H2,1H3. The first-order valence-electron chi connectivity index (χ1n) is 8.72. The Bertz CT molecular complexity index is 555. The number of hydrogen-bond acceptors (Lipinski definition) is 4. The molecule has 1 N–H and O–H groups in total. The molecule has 0 spiro atoms. The van der Waals surface area contributed by atoms with Crippen LogP contribution in [0.3, 0.4) is 0 Å². The monoisotopic (exact) mass is 335 g/mol. The first-order chi connectivity index (χ1) is 11.7. The van der Waals surface area contributed by atoms with Crippen LogP contribution in [0.15, 0.2) is 24.3 Å². The summed E-state index contributed by atoms with van der Waals surface area (Å²) in [4.78, 5) is 17.3. The second kappa shape index (κ2) is 8.05. The molecule has 2 aliphatic heterocycles. The van der Waals surface area contributed by atoms with Gasteiger partial charge in [-0.3, -0.25) is 9.69 Å². The van der Waals surface area contributed by atoms with Crippen molar-refractivity contribution in [3.05, 3.63) is 35.6 Å². The summed E-state index contributed by atoms with van der Waals surface area (Å²) in [6.07, 6.45) is 1.92. The maximum Gasteiger partial charge on any atom is 0.244 e. The molecule has 132 valence electrons. The SMILES string of the molecule is CNC1CCN(C(=O)C(c2cccc(F)c2)N2CCOCC2)CC1. The van der Waals surface area contributed by atoms with Gasteiger partial charge in [-0.05, 0) is 37.6 Å². The number of hydrogen-bond donors (Lipinski definition) is 1. The number of nitrogens with zero attached hydrogens (tertiary/aromatic N) is 2. The second-order valence-corrected chi connectivity index (χ2v) is 6.49. The fourth-order valence-corrected chi connectivity index (χ4v) is 3.58. The van der Waals surface area contributed by atoms with Crippen molar-refractivity contribution in [2.24, 2.45) is 0 Å². The lowest BCUT2D eigenvalue weighted by atomic mass is 10.00. The van der Waals surface area contributed by atoms with Gasteiger partial charge in [0.05, 0.1) is 13.2 Å². The third-order valence-electron chi connectivity index (χ3n) is 5.02. The van der Waals surface area contributed by atoms with Gasteiger partial charge in [-0.2, -0.15) is 0 Å². The number of morpholine rings is 1. The number of amides is 1. The zero-order valence-corrected chi connectivity index (χ0v) is 14.2. The molecule has 1 aromatic rings. The molecule has 3 rings (SSSR count). The van der Waals surface area contributed by atoms with E-state index in [4.69, 9.17) is 4.74 Å². The van der Waals surface area contributed by atoms with E-state index in [1.165, 1.54) is 12.1 Å². The highest BCUT2D eigenvalue weighted by atomic mass is 19.1. The number of benzene rings is 1. The smallest absolute Gasteiger partial charge is 0.244 e. The normalized spacial score (nSPS) is 21.7. The molecule has 0 aromatic heterocycles. The van der Waals surface area contributed by atoms with Crippen molar-refractivity contribution in [1.29, 1.82) is 0 Å². The van der Waals surface area contributed by atoms with E-state index >= 15 is 0 Å². The molecule has 2 heterocycles. The average Bonchev–Trinajstić information content (AvgIpc) is 2.63. The van der Waals surface area contributed by atoms with Gasteiger partial charge in [0.2, 0.25) is 5.91 Å². The summed E-state index contributed by atoms with van der Waals surface area (Å²) in [5, 5.41) is 3.28. The van der Waals surface area contributed by atoms with Crippen LogP contribution in [0.1, 0.15) is 24.4 Å². The quantitative estimate of drug-likeness (QED) is 0.904. The van der Waals surface area contributed by atoms with Gasteiger partial charge in [-0.1, -0.05) is 12.1 Å². The van der Waals surface area contributed by atoms with E-state index < -0.39 is 6.04 Å². The van der Waals surface area contributed by atoms with Crippen LogP contribution in [0.4, 0.5) is 4.39 Å². The number of likely N-dealkylation sites (tertiary alicyclic amines) is 1. The summed E-state index contributed by atoms with van der Waals surface area (Å²) in [5.41, 5.74) is 0.734. The number of carbonyl (C=O) groups is 1. The molecular weight excluding hydrogens is 309 g/mol. The van der Waals surface area contributed by atoms with Crippen LogP contribution in [0.2, 0.25) is 0 Å². The predicted octanol–water partition coefficient (Wildman–Crippen LogP) is 1.41. The molecule has 0 aliphatic carbocycles. The lowest BCUT2D eigenvalue weighted by Crippen LogP contribution is -2.50. The van der Waals surface area contributed by atoms with Crippen LogP contribution in [0.25, 0.3) is 0 Å². The number of piperidine rings is 1. The molecule has 0 bridgehead atoms. The van der Waals surface area contributed by atoms with E-state index in [-0.39, 0.29) is 11.7 Å². The molecule has 1 atom stereocenters. The van der Waals surface area contributed by atoms with E-state index in [2.05, 4.69) is 10.2 Å². The zero-order chi connectivity index (χ0) is 16.9. The third-order valence-corrected chi connectivity index (χ3v) is 5.02. The largest absolute Gasteiger partial charge is 0.379 e. The average molecular weight is 335 g/mol. The van der Waals surface area contributed by atoms with Crippen molar-refractivity contribution in [2.75, 3.05) is 46.4 Å². The minimum atomic E-state index is -0.421. The van der Waals surface area contributed by atoms with Crippen molar-refractivity contribution >= 4 is 5.91 Å². The summed E-state index contributed by atoms with van der Waals surface area (Å²) in [6.45, 7) is 4.11. The minimum absolute atomic E-state index is 0.0806. The Morgan fingerprint density at radius 2 is 1.96 bits per heavy atom. The number of rotatable bonds is 4. The molecule has 5 nitrogen and oxygen atoms in total. The summed E-state index contributed by atoms with van der Waals surface area (Å²) < 4.78 is 19.1. The van der Waals surface area contributed by atoms with E-state index in [1.54, 1.807) is 6.07 Å². The number of nitrogens with one attached hydrogen (secondary N) is 1. The van der Waals surface area contributed by atoms with E-state index in [0.717, 1.165) is 31.5 Å². The van der Waals surface area contributed by atoms with Gasteiger partial charge >= 0.3 is 0 Å². The van der Waals surface area contributed by atoms with Crippen LogP contribution in [0, 0.1) is 5.82 Å². The van der Waals surface area contributed by atoms with Crippen molar-refractivity contribution in [3.8, 4) is 0 Å². The lowest BCUT2D eigenvalue weighted by molar-refractivity contribution is -0.140. The topological polar surface area (TPSA) is 44.8 Å². The van der Waals surface area contributed by atoms with Crippen LogP contribution in [-0.2, 0) is 9.53 Å². The van der Waals surface area contributed by atoms with Gasteiger partial charge in [0, 0.05) is 32.2 Å². The van der Waals surface area contributed by atoms with Crippen molar-refractivity contribution in [2.45, 2.75) is 24.9 Å². The van der Waals surface area contributed by atoms with Crippen molar-refractivity contribution < 1.29 is 13.9 Å².